The molecule has 0 saturated carbocycles. The Morgan fingerprint density at radius 1 is 1.00 bits per heavy atom. The minimum Gasteiger partial charge on any atom is 0 e. The van der Waals surface area contributed by atoms with Gasteiger partial charge in [0, 0.05) is 88.7 Å². The third-order valence-corrected chi connectivity index (χ3v) is 0. The number of hydrogen-bond acceptors (Lipinski definition) is 0. The van der Waals surface area contributed by atoms with Gasteiger partial charge >= 0.3 is 0 Å². The summed E-state index contributed by atoms with van der Waals surface area (Å²) in [5, 5.41) is 0. The molecule has 5 radical (unpaired) electrons. The van der Waals surface area contributed by atoms with Crippen LogP contribution in [-0.2, 0) is 50.9 Å². The van der Waals surface area contributed by atoms with E-state index in [0.29, 0.717) is 0 Å². The van der Waals surface area contributed by atoms with E-state index in [9.17, 15) is 0 Å². The van der Waals surface area contributed by atoms with Crippen molar-refractivity contribution in [1.82, 2.24) is 0 Å². The van der Waals surface area contributed by atoms with Gasteiger partial charge < -0.3 is 0 Å². The summed E-state index contributed by atoms with van der Waals surface area (Å²) in [6.45, 7) is 0. The van der Waals surface area contributed by atoms with Gasteiger partial charge in [0.1, 0.15) is 0 Å². The second-order valence-corrected chi connectivity index (χ2v) is 0. The Morgan fingerprint density at radius 2 is 1.00 bits per heavy atom. The summed E-state index contributed by atoms with van der Waals surface area (Å²) in [6.07, 6.45) is 0. The molecule has 0 rings (SSSR count). The SMILES string of the molecule is [Ca].[Co].[Cu].[Mn]. The predicted octanol–water partition coefficient (Wildman–Crippen LogP) is -0.388. The van der Waals surface area contributed by atoms with Gasteiger partial charge in [-0.05, 0) is 0 Å². The molecular weight excluding hydrogens is 217 g/mol. The van der Waals surface area contributed by atoms with E-state index in [1.165, 1.54) is 0 Å². The van der Waals surface area contributed by atoms with Gasteiger partial charge in [0.2, 0.25) is 0 Å². The first kappa shape index (κ1) is 29.1. The topological polar surface area (TPSA) is 0 Å². The second kappa shape index (κ2) is 17.0. The maximum Gasteiger partial charge on any atom is 0 e. The third kappa shape index (κ3) is 8.84. The molecule has 0 N–H and O–H groups in total. The Balaban J connectivity index is 0. The number of hydrogen-bond donors (Lipinski definition) is 0. The molecule has 0 aromatic heterocycles. The van der Waals surface area contributed by atoms with Crippen molar-refractivity contribution in [3.8, 4) is 0 Å². The van der Waals surface area contributed by atoms with E-state index >= 15 is 0 Å². The van der Waals surface area contributed by atoms with Gasteiger partial charge in [0.05, 0.1) is 0 Å². The fourth-order valence-corrected chi connectivity index (χ4v) is 0. The maximum atomic E-state index is 0. The smallest absolute Gasteiger partial charge is 0 e. The molecule has 0 nitrogen and oxygen atoms in total. The first-order chi connectivity index (χ1) is 0. The van der Waals surface area contributed by atoms with Gasteiger partial charge in [-0.25, -0.2) is 0 Å². The van der Waals surface area contributed by atoms with Crippen LogP contribution in [0.25, 0.3) is 0 Å². The van der Waals surface area contributed by atoms with Crippen molar-refractivity contribution in [2.45, 2.75) is 0 Å². The summed E-state index contributed by atoms with van der Waals surface area (Å²) in [7, 11) is 0. The molecule has 0 aliphatic heterocycles. The second-order valence-electron chi connectivity index (χ2n) is 0. The summed E-state index contributed by atoms with van der Waals surface area (Å²) in [4.78, 5) is 0. The van der Waals surface area contributed by atoms with Crippen LogP contribution < -0.4 is 0 Å². The first-order valence-corrected chi connectivity index (χ1v) is 0. The van der Waals surface area contributed by atoms with Crippen molar-refractivity contribution >= 4 is 37.7 Å². The first-order valence-electron chi connectivity index (χ1n) is 0. The largest absolute Gasteiger partial charge is 0 e. The van der Waals surface area contributed by atoms with Crippen LogP contribution in [0.3, 0.4) is 0 Å². The summed E-state index contributed by atoms with van der Waals surface area (Å²) in [5.74, 6) is 0. The molecule has 4 heteroatoms. The van der Waals surface area contributed by atoms with Crippen LogP contribution in [0.2, 0.25) is 0 Å². The molecule has 4 heavy (non-hydrogen) atoms. The van der Waals surface area contributed by atoms with Gasteiger partial charge in [-0.3, -0.25) is 0 Å². The van der Waals surface area contributed by atoms with Crippen molar-refractivity contribution < 1.29 is 50.9 Å². The Kier molecular flexibility index (Phi) is 124. The summed E-state index contributed by atoms with van der Waals surface area (Å²) in [6, 6.07) is 0. The molecule has 0 atom stereocenters. The standard InChI is InChI=1S/Ca.Co.Cu.Mn. The van der Waals surface area contributed by atoms with Crippen molar-refractivity contribution in [3.63, 3.8) is 0 Å². The zero-order valence-electron chi connectivity index (χ0n) is 1.72. The zero-order chi connectivity index (χ0) is 0. The minimum atomic E-state index is 0. The molecule has 0 amide bonds. The summed E-state index contributed by atoms with van der Waals surface area (Å²) in [5.41, 5.74) is 0. The van der Waals surface area contributed by atoms with E-state index in [2.05, 4.69) is 0 Å². The third-order valence-electron chi connectivity index (χ3n) is 0. The van der Waals surface area contributed by atoms with E-state index in [1.54, 1.807) is 0 Å². The molecule has 0 bridgehead atoms. The van der Waals surface area contributed by atoms with E-state index in [0.717, 1.165) is 0 Å². The Bertz CT molecular complexity index is 8.00. The molecule has 0 unspecified atom stereocenters. The molecule has 0 aromatic rings. The van der Waals surface area contributed by atoms with Gasteiger partial charge in [0.15, 0.2) is 0 Å². The fraction of sp³-hybridized carbons (Fsp3) is 0. The Hall–Kier alpha value is 2.81. The summed E-state index contributed by atoms with van der Waals surface area (Å²) >= 11 is 0. The van der Waals surface area contributed by atoms with Crippen LogP contribution >= 0.6 is 0 Å². The quantitative estimate of drug-likeness (QED) is 0.485. The van der Waals surface area contributed by atoms with E-state index in [-0.39, 0.29) is 88.7 Å². The normalized spacial score (nSPS) is 0. The molecule has 0 saturated heterocycles. The van der Waals surface area contributed by atoms with Gasteiger partial charge in [-0.1, -0.05) is 0 Å². The average molecular weight is 217 g/mol. The zero-order valence-corrected chi connectivity index (χ0v) is 7.09. The maximum absolute atomic E-state index is 0. The molecule has 0 aliphatic carbocycles. The van der Waals surface area contributed by atoms with Crippen molar-refractivity contribution in [1.29, 1.82) is 0 Å². The van der Waals surface area contributed by atoms with Crippen LogP contribution in [0.15, 0.2) is 0 Å². The molecule has 0 aromatic carbocycles. The van der Waals surface area contributed by atoms with Crippen LogP contribution in [0, 0.1) is 0 Å². The van der Waals surface area contributed by atoms with Crippen LogP contribution in [0.5, 0.6) is 0 Å². The molecule has 0 aliphatic rings. The minimum absolute atomic E-state index is 0. The Labute approximate surface area is 87.0 Å². The predicted molar refractivity (Wildman–Crippen MR) is 5.75 cm³/mol. The van der Waals surface area contributed by atoms with E-state index in [4.69, 9.17) is 0 Å². The van der Waals surface area contributed by atoms with Crippen LogP contribution in [0.1, 0.15) is 0 Å². The summed E-state index contributed by atoms with van der Waals surface area (Å²) < 4.78 is 0. The van der Waals surface area contributed by atoms with Crippen LogP contribution in [-0.4, -0.2) is 37.7 Å². The fourth-order valence-electron chi connectivity index (χ4n) is 0. The van der Waals surface area contributed by atoms with Crippen molar-refractivity contribution in [2.24, 2.45) is 0 Å². The molecule has 0 fully saturated rings. The average Bonchev–Trinajstić information content (AvgIpc) is 0. The molecule has 29 valence electrons. The van der Waals surface area contributed by atoms with Crippen molar-refractivity contribution in [3.05, 3.63) is 0 Å². The van der Waals surface area contributed by atoms with Crippen LogP contribution in [0.4, 0.5) is 0 Å². The molecule has 0 spiro atoms. The van der Waals surface area contributed by atoms with Gasteiger partial charge in [-0.15, -0.1) is 0 Å². The van der Waals surface area contributed by atoms with E-state index in [1.807, 2.05) is 0 Å². The number of rotatable bonds is 0. The van der Waals surface area contributed by atoms with Gasteiger partial charge in [-0.2, -0.15) is 0 Å². The monoisotopic (exact) mass is 217 g/mol. The molecule has 0 heterocycles. The van der Waals surface area contributed by atoms with Gasteiger partial charge in [0.25, 0.3) is 0 Å². The molecular formula is CaCoCuMn. The Morgan fingerprint density at radius 3 is 1.00 bits per heavy atom. The van der Waals surface area contributed by atoms with E-state index < -0.39 is 0 Å². The van der Waals surface area contributed by atoms with Crippen molar-refractivity contribution in [2.75, 3.05) is 0 Å².